The zero-order valence-electron chi connectivity index (χ0n) is 11.5. The largest absolute Gasteiger partial charge is 0.379 e. The number of ether oxygens (including phenoxy) is 1. The van der Waals surface area contributed by atoms with Crippen molar-refractivity contribution in [1.82, 2.24) is 15.5 Å². The summed E-state index contributed by atoms with van der Waals surface area (Å²) < 4.78 is 5.24. The van der Waals surface area contributed by atoms with Gasteiger partial charge in [-0.15, -0.1) is 0 Å². The van der Waals surface area contributed by atoms with Crippen molar-refractivity contribution in [2.24, 2.45) is 5.92 Å². The predicted molar refractivity (Wildman–Crippen MR) is 70.7 cm³/mol. The Balaban J connectivity index is 1.67. The Kier molecular flexibility index (Phi) is 5.01. The Hall–Kier alpha value is -1.30. The van der Waals surface area contributed by atoms with E-state index in [0.717, 1.165) is 45.5 Å². The third-order valence-corrected chi connectivity index (χ3v) is 3.80. The molecule has 2 fully saturated rings. The number of likely N-dealkylation sites (tertiary alicyclic amines) is 1. The van der Waals surface area contributed by atoms with Crippen LogP contribution in [0.1, 0.15) is 26.2 Å². The summed E-state index contributed by atoms with van der Waals surface area (Å²) in [6, 6.07) is 0.193. The summed E-state index contributed by atoms with van der Waals surface area (Å²) in [5.74, 6) is 0.504. The van der Waals surface area contributed by atoms with Crippen molar-refractivity contribution >= 4 is 11.9 Å². The van der Waals surface area contributed by atoms with E-state index in [1.54, 1.807) is 0 Å². The number of amides is 3. The van der Waals surface area contributed by atoms with E-state index in [9.17, 15) is 9.59 Å². The lowest BCUT2D eigenvalue weighted by Crippen LogP contribution is -2.48. The van der Waals surface area contributed by atoms with Crippen molar-refractivity contribution in [1.29, 1.82) is 0 Å². The van der Waals surface area contributed by atoms with Crippen molar-refractivity contribution in [3.8, 4) is 0 Å². The normalized spacial score (nSPS) is 24.3. The van der Waals surface area contributed by atoms with E-state index in [0.29, 0.717) is 12.5 Å². The number of rotatable bonds is 3. The van der Waals surface area contributed by atoms with E-state index < -0.39 is 0 Å². The fraction of sp³-hybridized carbons (Fsp3) is 0.846. The lowest BCUT2D eigenvalue weighted by molar-refractivity contribution is -0.119. The number of nitrogens with zero attached hydrogens (tertiary/aromatic N) is 1. The molecule has 1 atom stereocenters. The summed E-state index contributed by atoms with van der Waals surface area (Å²) in [7, 11) is 0. The summed E-state index contributed by atoms with van der Waals surface area (Å²) in [6.45, 7) is 5.16. The van der Waals surface area contributed by atoms with Gasteiger partial charge in [-0.2, -0.15) is 0 Å². The smallest absolute Gasteiger partial charge is 0.317 e. The van der Waals surface area contributed by atoms with Crippen LogP contribution in [0.4, 0.5) is 4.79 Å². The first-order valence-electron chi connectivity index (χ1n) is 7.03. The van der Waals surface area contributed by atoms with Gasteiger partial charge in [0.15, 0.2) is 0 Å². The molecule has 0 radical (unpaired) electrons. The SMILES string of the molecule is CC(=O)NCC1CCN(C(=O)NC2CCOC2)CC1. The number of carbonyl (C=O) groups excluding carboxylic acids is 2. The quantitative estimate of drug-likeness (QED) is 0.776. The highest BCUT2D eigenvalue weighted by Crippen LogP contribution is 2.16. The maximum absolute atomic E-state index is 12.0. The summed E-state index contributed by atoms with van der Waals surface area (Å²) in [6.07, 6.45) is 2.81. The van der Waals surface area contributed by atoms with Gasteiger partial charge in [-0.05, 0) is 25.2 Å². The van der Waals surface area contributed by atoms with Gasteiger partial charge in [-0.3, -0.25) is 4.79 Å². The van der Waals surface area contributed by atoms with Gasteiger partial charge in [0.1, 0.15) is 0 Å². The molecule has 0 aromatic rings. The van der Waals surface area contributed by atoms with Crippen molar-refractivity contribution in [2.45, 2.75) is 32.2 Å². The van der Waals surface area contributed by atoms with Crippen LogP contribution in [-0.4, -0.2) is 55.7 Å². The van der Waals surface area contributed by atoms with Crippen molar-refractivity contribution in [3.63, 3.8) is 0 Å². The Labute approximate surface area is 113 Å². The fourth-order valence-corrected chi connectivity index (χ4v) is 2.54. The number of hydrogen-bond acceptors (Lipinski definition) is 3. The summed E-state index contributed by atoms with van der Waals surface area (Å²) in [5, 5.41) is 5.85. The lowest BCUT2D eigenvalue weighted by Gasteiger charge is -2.32. The van der Waals surface area contributed by atoms with Gasteiger partial charge in [0.2, 0.25) is 5.91 Å². The molecule has 0 aromatic heterocycles. The second-order valence-electron chi connectivity index (χ2n) is 5.38. The molecule has 2 saturated heterocycles. The molecule has 0 aromatic carbocycles. The van der Waals surface area contributed by atoms with Crippen LogP contribution in [0.5, 0.6) is 0 Å². The molecule has 2 aliphatic rings. The topological polar surface area (TPSA) is 70.7 Å². The Morgan fingerprint density at radius 2 is 2.00 bits per heavy atom. The fourth-order valence-electron chi connectivity index (χ4n) is 2.54. The maximum atomic E-state index is 12.0. The van der Waals surface area contributed by atoms with Crippen LogP contribution in [0.3, 0.4) is 0 Å². The molecular weight excluding hydrogens is 246 g/mol. The molecule has 0 saturated carbocycles. The number of nitrogens with one attached hydrogen (secondary N) is 2. The van der Waals surface area contributed by atoms with Gasteiger partial charge in [-0.1, -0.05) is 0 Å². The first-order chi connectivity index (χ1) is 9.15. The highest BCUT2D eigenvalue weighted by molar-refractivity contribution is 5.74. The predicted octanol–water partition coefficient (Wildman–Crippen LogP) is 0.333. The van der Waals surface area contributed by atoms with Crippen molar-refractivity contribution < 1.29 is 14.3 Å². The van der Waals surface area contributed by atoms with E-state index in [2.05, 4.69) is 10.6 Å². The molecule has 3 amide bonds. The number of hydrogen-bond donors (Lipinski definition) is 2. The number of carbonyl (C=O) groups is 2. The van der Waals surface area contributed by atoms with Crippen LogP contribution in [0.25, 0.3) is 0 Å². The monoisotopic (exact) mass is 269 g/mol. The number of urea groups is 1. The van der Waals surface area contributed by atoms with E-state index in [1.165, 1.54) is 6.92 Å². The molecule has 0 aliphatic carbocycles. The van der Waals surface area contributed by atoms with Gasteiger partial charge in [-0.25, -0.2) is 4.79 Å². The average molecular weight is 269 g/mol. The molecular formula is C13H23N3O3. The molecule has 6 heteroatoms. The van der Waals surface area contributed by atoms with E-state index >= 15 is 0 Å². The van der Waals surface area contributed by atoms with Crippen molar-refractivity contribution in [3.05, 3.63) is 0 Å². The number of piperidine rings is 1. The second kappa shape index (κ2) is 6.75. The summed E-state index contributed by atoms with van der Waals surface area (Å²) in [4.78, 5) is 24.7. The third kappa shape index (κ3) is 4.38. The molecule has 2 aliphatic heterocycles. The highest BCUT2D eigenvalue weighted by atomic mass is 16.5. The van der Waals surface area contributed by atoms with Crippen LogP contribution in [0.2, 0.25) is 0 Å². The first-order valence-corrected chi connectivity index (χ1v) is 7.03. The maximum Gasteiger partial charge on any atom is 0.317 e. The molecule has 108 valence electrons. The Morgan fingerprint density at radius 1 is 1.26 bits per heavy atom. The van der Waals surface area contributed by atoms with Gasteiger partial charge in [0, 0.05) is 33.2 Å². The van der Waals surface area contributed by atoms with Crippen molar-refractivity contribution in [2.75, 3.05) is 32.8 Å². The summed E-state index contributed by atoms with van der Waals surface area (Å²) >= 11 is 0. The third-order valence-electron chi connectivity index (χ3n) is 3.80. The summed E-state index contributed by atoms with van der Waals surface area (Å²) in [5.41, 5.74) is 0. The molecule has 2 rings (SSSR count). The van der Waals surface area contributed by atoms with Gasteiger partial charge in [0.25, 0.3) is 0 Å². The second-order valence-corrected chi connectivity index (χ2v) is 5.38. The molecule has 0 spiro atoms. The molecule has 0 bridgehead atoms. The standard InChI is InChI=1S/C13H23N3O3/c1-10(17)14-8-11-2-5-16(6-3-11)13(18)15-12-4-7-19-9-12/h11-12H,2-9H2,1H3,(H,14,17)(H,15,18). The van der Waals surface area contributed by atoms with Gasteiger partial charge < -0.3 is 20.3 Å². The zero-order chi connectivity index (χ0) is 13.7. The van der Waals surface area contributed by atoms with E-state index in [1.807, 2.05) is 4.90 Å². The highest BCUT2D eigenvalue weighted by Gasteiger charge is 2.25. The molecule has 6 nitrogen and oxygen atoms in total. The Bertz CT molecular complexity index is 321. The van der Waals surface area contributed by atoms with Crippen LogP contribution in [0.15, 0.2) is 0 Å². The van der Waals surface area contributed by atoms with Crippen LogP contribution >= 0.6 is 0 Å². The molecule has 19 heavy (non-hydrogen) atoms. The van der Waals surface area contributed by atoms with E-state index in [-0.39, 0.29) is 18.0 Å². The molecule has 1 unspecified atom stereocenters. The Morgan fingerprint density at radius 3 is 2.58 bits per heavy atom. The van der Waals surface area contributed by atoms with Crippen LogP contribution in [-0.2, 0) is 9.53 Å². The van der Waals surface area contributed by atoms with Gasteiger partial charge in [0.05, 0.1) is 12.6 Å². The van der Waals surface area contributed by atoms with Gasteiger partial charge >= 0.3 is 6.03 Å². The average Bonchev–Trinajstić information content (AvgIpc) is 2.89. The minimum atomic E-state index is 0.0152. The molecule has 2 N–H and O–H groups in total. The minimum Gasteiger partial charge on any atom is -0.379 e. The van der Waals surface area contributed by atoms with Crippen LogP contribution < -0.4 is 10.6 Å². The van der Waals surface area contributed by atoms with E-state index in [4.69, 9.17) is 4.74 Å². The lowest BCUT2D eigenvalue weighted by atomic mass is 9.97. The minimum absolute atomic E-state index is 0.0152. The van der Waals surface area contributed by atoms with Crippen LogP contribution in [0, 0.1) is 5.92 Å². The molecule has 2 heterocycles. The first kappa shape index (κ1) is 14.1. The zero-order valence-corrected chi connectivity index (χ0v) is 11.5.